The normalized spacial score (nSPS) is 23.8. The van der Waals surface area contributed by atoms with Gasteiger partial charge in [0.15, 0.2) is 0 Å². The van der Waals surface area contributed by atoms with Gasteiger partial charge in [0, 0.05) is 17.4 Å². The number of amides is 1. The first-order valence-corrected chi connectivity index (χ1v) is 8.98. The number of aromatic nitrogens is 1. The molecule has 0 bridgehead atoms. The highest BCUT2D eigenvalue weighted by molar-refractivity contribution is 5.91. The highest BCUT2D eigenvalue weighted by Gasteiger charge is 2.28. The van der Waals surface area contributed by atoms with Crippen LogP contribution in [0.2, 0.25) is 0 Å². The van der Waals surface area contributed by atoms with E-state index in [-0.39, 0.29) is 24.5 Å². The largest absolute Gasteiger partial charge is 0.462 e. The van der Waals surface area contributed by atoms with Crippen molar-refractivity contribution in [1.29, 1.82) is 0 Å². The van der Waals surface area contributed by atoms with Gasteiger partial charge in [0.05, 0.1) is 12.2 Å². The molecule has 24 heavy (non-hydrogen) atoms. The molecule has 0 radical (unpaired) electrons. The zero-order valence-electron chi connectivity index (χ0n) is 15.5. The van der Waals surface area contributed by atoms with Crippen LogP contribution in [0.5, 0.6) is 0 Å². The number of rotatable bonds is 5. The molecule has 1 aromatic heterocycles. The van der Waals surface area contributed by atoms with Gasteiger partial charge in [-0.25, -0.2) is 4.79 Å². The standard InChI is InChI=1S/C19H30N2O3/c1-6-24-19(23)16-10-13(3)21(15(16)5)11-18(22)20-17-9-7-8-12(2)14(17)4/h10,12,14,17H,6-9,11H2,1-5H3,(H,20,22). The molecule has 0 aromatic carbocycles. The number of carbonyl (C=O) groups excluding carboxylic acids is 2. The minimum atomic E-state index is -0.327. The van der Waals surface area contributed by atoms with E-state index in [0.717, 1.165) is 17.8 Å². The lowest BCUT2D eigenvalue weighted by molar-refractivity contribution is -0.123. The van der Waals surface area contributed by atoms with E-state index in [1.807, 2.05) is 18.4 Å². The van der Waals surface area contributed by atoms with Crippen molar-refractivity contribution in [2.45, 2.75) is 66.5 Å². The van der Waals surface area contributed by atoms with Gasteiger partial charge in [-0.05, 0) is 45.1 Å². The fraction of sp³-hybridized carbons (Fsp3) is 0.684. The molecule has 0 spiro atoms. The van der Waals surface area contributed by atoms with Crippen LogP contribution >= 0.6 is 0 Å². The van der Waals surface area contributed by atoms with E-state index < -0.39 is 0 Å². The molecular formula is C19H30N2O3. The summed E-state index contributed by atoms with van der Waals surface area (Å²) in [6.45, 7) is 10.6. The molecule has 1 amide bonds. The lowest BCUT2D eigenvalue weighted by atomic mass is 9.78. The van der Waals surface area contributed by atoms with Crippen LogP contribution in [0.25, 0.3) is 0 Å². The summed E-state index contributed by atoms with van der Waals surface area (Å²) in [6, 6.07) is 2.05. The van der Waals surface area contributed by atoms with Gasteiger partial charge in [0.1, 0.15) is 6.54 Å². The topological polar surface area (TPSA) is 60.3 Å². The Morgan fingerprint density at radius 3 is 2.67 bits per heavy atom. The van der Waals surface area contributed by atoms with E-state index in [1.54, 1.807) is 13.0 Å². The Kier molecular flexibility index (Phi) is 6.08. The molecule has 5 nitrogen and oxygen atoms in total. The Hall–Kier alpha value is -1.78. The molecule has 1 fully saturated rings. The lowest BCUT2D eigenvalue weighted by Gasteiger charge is -2.34. The van der Waals surface area contributed by atoms with Crippen LogP contribution in [0.1, 0.15) is 61.8 Å². The Bertz CT molecular complexity index is 606. The van der Waals surface area contributed by atoms with Crippen molar-refractivity contribution in [2.24, 2.45) is 11.8 Å². The van der Waals surface area contributed by atoms with Crippen LogP contribution in [0.15, 0.2) is 6.07 Å². The highest BCUT2D eigenvalue weighted by atomic mass is 16.5. The lowest BCUT2D eigenvalue weighted by Crippen LogP contribution is -2.45. The quantitative estimate of drug-likeness (QED) is 0.841. The summed E-state index contributed by atoms with van der Waals surface area (Å²) >= 11 is 0. The van der Waals surface area contributed by atoms with Crippen LogP contribution in [-0.2, 0) is 16.1 Å². The van der Waals surface area contributed by atoms with Gasteiger partial charge in [-0.3, -0.25) is 4.79 Å². The molecule has 1 aromatic rings. The number of esters is 1. The van der Waals surface area contributed by atoms with Gasteiger partial charge in [0.25, 0.3) is 0 Å². The maximum Gasteiger partial charge on any atom is 0.339 e. The Morgan fingerprint density at radius 2 is 2.00 bits per heavy atom. The van der Waals surface area contributed by atoms with E-state index in [0.29, 0.717) is 24.0 Å². The number of nitrogens with one attached hydrogen (secondary N) is 1. The summed E-state index contributed by atoms with van der Waals surface area (Å²) < 4.78 is 6.96. The average molecular weight is 334 g/mol. The Balaban J connectivity index is 2.05. The highest BCUT2D eigenvalue weighted by Crippen LogP contribution is 2.29. The molecule has 1 heterocycles. The molecule has 1 saturated carbocycles. The first kappa shape index (κ1) is 18.6. The van der Waals surface area contributed by atoms with E-state index in [4.69, 9.17) is 4.74 Å². The molecule has 1 aliphatic carbocycles. The predicted octanol–water partition coefficient (Wildman–Crippen LogP) is 3.22. The van der Waals surface area contributed by atoms with Crippen LogP contribution in [0.3, 0.4) is 0 Å². The van der Waals surface area contributed by atoms with Crippen molar-refractivity contribution in [1.82, 2.24) is 9.88 Å². The Labute approximate surface area is 144 Å². The van der Waals surface area contributed by atoms with E-state index in [1.165, 1.54) is 12.8 Å². The Morgan fingerprint density at radius 1 is 1.29 bits per heavy atom. The van der Waals surface area contributed by atoms with Crippen molar-refractivity contribution < 1.29 is 14.3 Å². The second-order valence-corrected chi connectivity index (χ2v) is 7.03. The van der Waals surface area contributed by atoms with Gasteiger partial charge < -0.3 is 14.6 Å². The second kappa shape index (κ2) is 7.86. The molecule has 1 aliphatic rings. The van der Waals surface area contributed by atoms with Crippen molar-refractivity contribution in [3.8, 4) is 0 Å². The molecule has 1 N–H and O–H groups in total. The molecule has 0 aliphatic heterocycles. The summed E-state index contributed by atoms with van der Waals surface area (Å²) in [5.41, 5.74) is 2.23. The maximum atomic E-state index is 12.5. The van der Waals surface area contributed by atoms with Gasteiger partial charge >= 0.3 is 5.97 Å². The molecular weight excluding hydrogens is 304 g/mol. The average Bonchev–Trinajstić information content (AvgIpc) is 2.80. The van der Waals surface area contributed by atoms with Crippen molar-refractivity contribution in [3.63, 3.8) is 0 Å². The summed E-state index contributed by atoms with van der Waals surface area (Å²) in [7, 11) is 0. The molecule has 2 rings (SSSR count). The molecule has 3 unspecified atom stereocenters. The first-order valence-electron chi connectivity index (χ1n) is 8.98. The summed E-state index contributed by atoms with van der Waals surface area (Å²) in [6.07, 6.45) is 3.46. The third-order valence-corrected chi connectivity index (χ3v) is 5.42. The van der Waals surface area contributed by atoms with Gasteiger partial charge in [-0.1, -0.05) is 26.7 Å². The number of hydrogen-bond acceptors (Lipinski definition) is 3. The maximum absolute atomic E-state index is 12.5. The van der Waals surface area contributed by atoms with Gasteiger partial charge in [0.2, 0.25) is 5.91 Å². The van der Waals surface area contributed by atoms with Crippen LogP contribution in [0, 0.1) is 25.7 Å². The van der Waals surface area contributed by atoms with E-state index >= 15 is 0 Å². The SMILES string of the molecule is CCOC(=O)c1cc(C)n(CC(=O)NC2CCCC(C)C2C)c1C. The number of aryl methyl sites for hydroxylation is 1. The van der Waals surface area contributed by atoms with E-state index in [2.05, 4.69) is 19.2 Å². The third kappa shape index (κ3) is 4.00. The molecule has 134 valence electrons. The van der Waals surface area contributed by atoms with Crippen molar-refractivity contribution >= 4 is 11.9 Å². The summed E-state index contributed by atoms with van der Waals surface area (Å²) in [4.78, 5) is 24.5. The van der Waals surface area contributed by atoms with Crippen LogP contribution < -0.4 is 5.32 Å². The zero-order valence-corrected chi connectivity index (χ0v) is 15.5. The summed E-state index contributed by atoms with van der Waals surface area (Å²) in [5.74, 6) is 0.837. The minimum Gasteiger partial charge on any atom is -0.462 e. The zero-order chi connectivity index (χ0) is 17.9. The first-order chi connectivity index (χ1) is 11.3. The fourth-order valence-electron chi connectivity index (χ4n) is 3.64. The van der Waals surface area contributed by atoms with Crippen molar-refractivity contribution in [2.75, 3.05) is 6.61 Å². The number of carbonyl (C=O) groups is 2. The third-order valence-electron chi connectivity index (χ3n) is 5.42. The van der Waals surface area contributed by atoms with E-state index in [9.17, 15) is 9.59 Å². The minimum absolute atomic E-state index is 0.0122. The smallest absolute Gasteiger partial charge is 0.339 e. The van der Waals surface area contributed by atoms with Crippen LogP contribution in [0.4, 0.5) is 0 Å². The molecule has 0 saturated heterocycles. The predicted molar refractivity (Wildman–Crippen MR) is 94.0 cm³/mol. The van der Waals surface area contributed by atoms with Crippen LogP contribution in [-0.4, -0.2) is 29.1 Å². The monoisotopic (exact) mass is 334 g/mol. The second-order valence-electron chi connectivity index (χ2n) is 7.03. The fourth-order valence-corrected chi connectivity index (χ4v) is 3.64. The van der Waals surface area contributed by atoms with Gasteiger partial charge in [-0.2, -0.15) is 0 Å². The molecule has 3 atom stereocenters. The summed E-state index contributed by atoms with van der Waals surface area (Å²) in [5, 5.41) is 3.19. The van der Waals surface area contributed by atoms with Gasteiger partial charge in [-0.15, -0.1) is 0 Å². The number of ether oxygens (including phenoxy) is 1. The number of hydrogen-bond donors (Lipinski definition) is 1. The number of nitrogens with zero attached hydrogens (tertiary/aromatic N) is 1. The van der Waals surface area contributed by atoms with Crippen molar-refractivity contribution in [3.05, 3.63) is 23.0 Å². The molecule has 5 heteroatoms.